The second-order valence-electron chi connectivity index (χ2n) is 9.46. The molecule has 0 nitrogen and oxygen atoms in total. The summed E-state index contributed by atoms with van der Waals surface area (Å²) in [5.41, 5.74) is 3.87. The Morgan fingerprint density at radius 1 is 1.09 bits per heavy atom. The number of unbranched alkanes of at least 4 members (excludes halogenated alkanes) is 1. The van der Waals surface area contributed by atoms with E-state index in [0.29, 0.717) is 5.41 Å². The SMILES string of the molecule is C=C1C=C2CCC3C(CCC4(C)C(CCCC)CCC34)C2CC1. The van der Waals surface area contributed by atoms with Crippen LogP contribution in [-0.4, -0.2) is 0 Å². The molecule has 23 heavy (non-hydrogen) atoms. The van der Waals surface area contributed by atoms with E-state index >= 15 is 0 Å². The lowest BCUT2D eigenvalue weighted by Crippen LogP contribution is -2.46. The average molecular weight is 313 g/mol. The van der Waals surface area contributed by atoms with Gasteiger partial charge in [0, 0.05) is 0 Å². The zero-order valence-corrected chi connectivity index (χ0v) is 15.4. The lowest BCUT2D eigenvalue weighted by molar-refractivity contribution is -0.0226. The molecule has 0 amide bonds. The second-order valence-corrected chi connectivity index (χ2v) is 9.46. The molecule has 0 saturated heterocycles. The summed E-state index contributed by atoms with van der Waals surface area (Å²) in [5.74, 6) is 5.09. The summed E-state index contributed by atoms with van der Waals surface area (Å²) in [7, 11) is 0. The Labute approximate surface area is 143 Å². The molecule has 0 heterocycles. The number of rotatable bonds is 3. The minimum absolute atomic E-state index is 0.690. The summed E-state index contributed by atoms with van der Waals surface area (Å²) >= 11 is 0. The third kappa shape index (κ3) is 2.56. The lowest BCUT2D eigenvalue weighted by atomic mass is 9.51. The van der Waals surface area contributed by atoms with Crippen molar-refractivity contribution in [2.45, 2.75) is 84.5 Å². The highest BCUT2D eigenvalue weighted by molar-refractivity contribution is 5.29. The summed E-state index contributed by atoms with van der Waals surface area (Å²) < 4.78 is 0. The maximum atomic E-state index is 4.24. The lowest BCUT2D eigenvalue weighted by Gasteiger charge is -2.54. The molecule has 6 atom stereocenters. The van der Waals surface area contributed by atoms with E-state index in [1.165, 1.54) is 69.8 Å². The van der Waals surface area contributed by atoms with Gasteiger partial charge < -0.3 is 0 Å². The topological polar surface area (TPSA) is 0 Å². The van der Waals surface area contributed by atoms with Crippen LogP contribution in [0.1, 0.15) is 84.5 Å². The first-order valence-electron chi connectivity index (χ1n) is 10.5. The predicted molar refractivity (Wildman–Crippen MR) is 99.2 cm³/mol. The minimum Gasteiger partial charge on any atom is -0.0958 e. The molecule has 0 aromatic carbocycles. The van der Waals surface area contributed by atoms with Crippen molar-refractivity contribution >= 4 is 0 Å². The Hall–Kier alpha value is -0.520. The number of allylic oxidation sites excluding steroid dienone is 3. The van der Waals surface area contributed by atoms with Gasteiger partial charge in [0.05, 0.1) is 0 Å². The van der Waals surface area contributed by atoms with Crippen molar-refractivity contribution < 1.29 is 0 Å². The maximum absolute atomic E-state index is 4.24. The van der Waals surface area contributed by atoms with Crippen LogP contribution >= 0.6 is 0 Å². The largest absolute Gasteiger partial charge is 0.0958 e. The first-order valence-corrected chi connectivity index (χ1v) is 10.5. The first-order chi connectivity index (χ1) is 11.1. The van der Waals surface area contributed by atoms with Gasteiger partial charge in [-0.3, -0.25) is 0 Å². The highest BCUT2D eigenvalue weighted by Gasteiger charge is 2.55. The van der Waals surface area contributed by atoms with Gasteiger partial charge in [0.15, 0.2) is 0 Å². The third-order valence-electron chi connectivity index (χ3n) is 8.52. The summed E-state index contributed by atoms with van der Waals surface area (Å²) in [6, 6.07) is 0. The molecule has 0 aliphatic heterocycles. The normalized spacial score (nSPS) is 45.9. The van der Waals surface area contributed by atoms with E-state index in [4.69, 9.17) is 0 Å². The molecule has 6 unspecified atom stereocenters. The van der Waals surface area contributed by atoms with Crippen LogP contribution < -0.4 is 0 Å². The van der Waals surface area contributed by atoms with Gasteiger partial charge in [0.2, 0.25) is 0 Å². The molecule has 4 aliphatic rings. The van der Waals surface area contributed by atoms with Crippen molar-refractivity contribution in [2.24, 2.45) is 35.0 Å². The summed E-state index contributed by atoms with van der Waals surface area (Å²) in [4.78, 5) is 0. The fraction of sp³-hybridized carbons (Fsp3) is 0.826. The summed E-state index contributed by atoms with van der Waals surface area (Å²) in [5, 5.41) is 0. The fourth-order valence-electron chi connectivity index (χ4n) is 7.31. The maximum Gasteiger partial charge on any atom is -0.0166 e. The Morgan fingerprint density at radius 2 is 1.96 bits per heavy atom. The molecule has 0 spiro atoms. The van der Waals surface area contributed by atoms with Crippen molar-refractivity contribution in [3.8, 4) is 0 Å². The molecule has 0 aromatic rings. The molecule has 128 valence electrons. The van der Waals surface area contributed by atoms with Crippen LogP contribution in [0.4, 0.5) is 0 Å². The van der Waals surface area contributed by atoms with E-state index in [1.807, 2.05) is 0 Å². The molecule has 0 heteroatoms. The molecule has 0 aromatic heterocycles. The molecule has 3 fully saturated rings. The molecule has 0 radical (unpaired) electrons. The van der Waals surface area contributed by atoms with Crippen LogP contribution in [-0.2, 0) is 0 Å². The molecular formula is C23H36. The van der Waals surface area contributed by atoms with E-state index < -0.39 is 0 Å². The van der Waals surface area contributed by atoms with Crippen LogP contribution in [0.2, 0.25) is 0 Å². The van der Waals surface area contributed by atoms with Gasteiger partial charge in [0.25, 0.3) is 0 Å². The zero-order chi connectivity index (χ0) is 16.0. The van der Waals surface area contributed by atoms with Crippen LogP contribution in [0, 0.1) is 35.0 Å². The molecular weight excluding hydrogens is 276 g/mol. The van der Waals surface area contributed by atoms with Crippen LogP contribution in [0.15, 0.2) is 23.8 Å². The van der Waals surface area contributed by atoms with Gasteiger partial charge in [-0.05, 0) is 92.8 Å². The number of hydrogen-bond acceptors (Lipinski definition) is 0. The third-order valence-corrected chi connectivity index (χ3v) is 8.52. The van der Waals surface area contributed by atoms with Crippen LogP contribution in [0.3, 0.4) is 0 Å². The van der Waals surface area contributed by atoms with Gasteiger partial charge in [-0.25, -0.2) is 0 Å². The van der Waals surface area contributed by atoms with Crippen molar-refractivity contribution in [3.05, 3.63) is 23.8 Å². The molecule has 4 aliphatic carbocycles. The Balaban J connectivity index is 1.54. The molecule has 4 rings (SSSR count). The Bertz CT molecular complexity index is 498. The molecule has 0 bridgehead atoms. The highest BCUT2D eigenvalue weighted by Crippen LogP contribution is 2.64. The van der Waals surface area contributed by atoms with Crippen molar-refractivity contribution in [1.29, 1.82) is 0 Å². The zero-order valence-electron chi connectivity index (χ0n) is 15.4. The van der Waals surface area contributed by atoms with Crippen molar-refractivity contribution in [2.75, 3.05) is 0 Å². The van der Waals surface area contributed by atoms with Crippen molar-refractivity contribution in [1.82, 2.24) is 0 Å². The van der Waals surface area contributed by atoms with Crippen LogP contribution in [0.5, 0.6) is 0 Å². The number of hydrogen-bond donors (Lipinski definition) is 0. The highest BCUT2D eigenvalue weighted by atomic mass is 14.6. The molecule has 0 N–H and O–H groups in total. The summed E-state index contributed by atoms with van der Waals surface area (Å²) in [6.45, 7) is 9.28. The second kappa shape index (κ2) is 6.08. The van der Waals surface area contributed by atoms with E-state index in [0.717, 1.165) is 29.6 Å². The smallest absolute Gasteiger partial charge is 0.0166 e. The summed E-state index contributed by atoms with van der Waals surface area (Å²) in [6.07, 6.45) is 18.5. The Morgan fingerprint density at radius 3 is 2.78 bits per heavy atom. The van der Waals surface area contributed by atoms with Gasteiger partial charge in [-0.1, -0.05) is 50.5 Å². The average Bonchev–Trinajstić information content (AvgIpc) is 2.89. The monoisotopic (exact) mass is 312 g/mol. The minimum atomic E-state index is 0.690. The van der Waals surface area contributed by atoms with Crippen molar-refractivity contribution in [3.63, 3.8) is 0 Å². The first kappa shape index (κ1) is 16.0. The van der Waals surface area contributed by atoms with Gasteiger partial charge in [-0.2, -0.15) is 0 Å². The van der Waals surface area contributed by atoms with E-state index in [1.54, 1.807) is 12.0 Å². The van der Waals surface area contributed by atoms with E-state index in [2.05, 4.69) is 26.5 Å². The van der Waals surface area contributed by atoms with Crippen LogP contribution in [0.25, 0.3) is 0 Å². The van der Waals surface area contributed by atoms with Gasteiger partial charge in [-0.15, -0.1) is 0 Å². The molecule has 3 saturated carbocycles. The quantitative estimate of drug-likeness (QED) is 0.530. The standard InChI is InChI=1S/C23H36/c1-4-5-6-18-9-12-22-21-11-8-17-15-16(2)7-10-19(17)20(21)13-14-23(18,22)3/h15,18-22H,2,4-14H2,1,3H3. The van der Waals surface area contributed by atoms with Gasteiger partial charge >= 0.3 is 0 Å². The fourth-order valence-corrected chi connectivity index (χ4v) is 7.31. The number of fused-ring (bicyclic) bond motifs is 5. The van der Waals surface area contributed by atoms with Gasteiger partial charge in [0.1, 0.15) is 0 Å². The predicted octanol–water partition coefficient (Wildman–Crippen LogP) is 6.92. The Kier molecular flexibility index (Phi) is 4.23. The van der Waals surface area contributed by atoms with E-state index in [-0.39, 0.29) is 0 Å². The van der Waals surface area contributed by atoms with E-state index in [9.17, 15) is 0 Å².